The third kappa shape index (κ3) is 3.75. The van der Waals surface area contributed by atoms with E-state index in [0.29, 0.717) is 17.9 Å². The van der Waals surface area contributed by atoms with Gasteiger partial charge in [0.05, 0.1) is 6.61 Å². The van der Waals surface area contributed by atoms with Gasteiger partial charge in [-0.1, -0.05) is 20.3 Å². The van der Waals surface area contributed by atoms with Gasteiger partial charge in [-0.2, -0.15) is 0 Å². The van der Waals surface area contributed by atoms with Gasteiger partial charge in [-0.25, -0.2) is 0 Å². The first-order valence-electron chi connectivity index (χ1n) is 8.53. The first kappa shape index (κ1) is 16.3. The SMILES string of the molecule is CNC1(CO)CCCC1CCN1CCCC(C)(C)CC1. The maximum Gasteiger partial charge on any atom is 0.0615 e. The van der Waals surface area contributed by atoms with Crippen LogP contribution in [0.1, 0.15) is 58.8 Å². The molecular weight excluding hydrogens is 248 g/mol. The highest BCUT2D eigenvalue weighted by Crippen LogP contribution is 2.38. The van der Waals surface area contributed by atoms with Gasteiger partial charge in [0, 0.05) is 5.54 Å². The molecule has 2 unspecified atom stereocenters. The molecule has 0 aromatic carbocycles. The van der Waals surface area contributed by atoms with Crippen LogP contribution in [0.25, 0.3) is 0 Å². The standard InChI is InChI=1S/C17H34N2O/c1-16(2)8-5-11-19(13-10-16)12-7-15-6-4-9-17(15,14-20)18-3/h15,18,20H,4-14H2,1-3H3. The molecule has 3 heteroatoms. The monoisotopic (exact) mass is 282 g/mol. The number of nitrogens with one attached hydrogen (secondary N) is 1. The first-order valence-corrected chi connectivity index (χ1v) is 8.53. The van der Waals surface area contributed by atoms with Crippen molar-refractivity contribution in [3.63, 3.8) is 0 Å². The Bertz CT molecular complexity index is 299. The Labute approximate surface area is 125 Å². The number of aliphatic hydroxyl groups is 1. The summed E-state index contributed by atoms with van der Waals surface area (Å²) in [7, 11) is 2.02. The predicted octanol–water partition coefficient (Wildman–Crippen LogP) is 2.64. The van der Waals surface area contributed by atoms with Gasteiger partial charge in [-0.3, -0.25) is 0 Å². The zero-order valence-electron chi connectivity index (χ0n) is 13.7. The van der Waals surface area contributed by atoms with Crippen molar-refractivity contribution in [3.8, 4) is 0 Å². The van der Waals surface area contributed by atoms with Gasteiger partial charge in [0.15, 0.2) is 0 Å². The normalized spacial score (nSPS) is 35.1. The van der Waals surface area contributed by atoms with Crippen LogP contribution in [-0.4, -0.2) is 48.8 Å². The molecule has 3 nitrogen and oxygen atoms in total. The molecule has 1 saturated carbocycles. The number of likely N-dealkylation sites (N-methyl/N-ethyl adjacent to an activating group) is 1. The molecule has 0 spiro atoms. The molecule has 2 rings (SSSR count). The van der Waals surface area contributed by atoms with Crippen LogP contribution in [-0.2, 0) is 0 Å². The number of likely N-dealkylation sites (tertiary alicyclic amines) is 1. The van der Waals surface area contributed by atoms with Gasteiger partial charge in [0.25, 0.3) is 0 Å². The summed E-state index contributed by atoms with van der Waals surface area (Å²) in [5.41, 5.74) is 0.535. The minimum absolute atomic E-state index is 0.00508. The highest BCUT2D eigenvalue weighted by Gasteiger charge is 2.40. The largest absolute Gasteiger partial charge is 0.394 e. The third-order valence-electron chi connectivity index (χ3n) is 5.96. The predicted molar refractivity (Wildman–Crippen MR) is 84.9 cm³/mol. The second-order valence-electron chi connectivity index (χ2n) is 7.80. The minimum atomic E-state index is 0.00508. The Kier molecular flexibility index (Phi) is 5.49. The summed E-state index contributed by atoms with van der Waals surface area (Å²) in [4.78, 5) is 2.66. The lowest BCUT2D eigenvalue weighted by atomic mass is 9.85. The van der Waals surface area contributed by atoms with E-state index in [1.54, 1.807) is 0 Å². The Balaban J connectivity index is 1.83. The van der Waals surface area contributed by atoms with Crippen molar-refractivity contribution >= 4 is 0 Å². The third-order valence-corrected chi connectivity index (χ3v) is 5.96. The van der Waals surface area contributed by atoms with Gasteiger partial charge in [-0.05, 0) is 76.5 Å². The lowest BCUT2D eigenvalue weighted by molar-refractivity contribution is 0.118. The van der Waals surface area contributed by atoms with Crippen molar-refractivity contribution in [2.75, 3.05) is 33.3 Å². The Hall–Kier alpha value is -0.120. The molecule has 0 aromatic heterocycles. The van der Waals surface area contributed by atoms with Crippen LogP contribution >= 0.6 is 0 Å². The fourth-order valence-electron chi connectivity index (χ4n) is 4.22. The highest BCUT2D eigenvalue weighted by atomic mass is 16.3. The molecule has 0 radical (unpaired) electrons. The molecule has 2 N–H and O–H groups in total. The van der Waals surface area contributed by atoms with Crippen molar-refractivity contribution in [2.24, 2.45) is 11.3 Å². The van der Waals surface area contributed by atoms with Gasteiger partial charge in [-0.15, -0.1) is 0 Å². The summed E-state index contributed by atoms with van der Waals surface area (Å²) in [5, 5.41) is 13.2. The van der Waals surface area contributed by atoms with E-state index in [0.717, 1.165) is 6.42 Å². The van der Waals surface area contributed by atoms with Crippen LogP contribution in [0.4, 0.5) is 0 Å². The maximum atomic E-state index is 9.76. The van der Waals surface area contributed by atoms with Crippen molar-refractivity contribution in [2.45, 2.75) is 64.3 Å². The second kappa shape index (κ2) is 6.76. The van der Waals surface area contributed by atoms with E-state index in [9.17, 15) is 5.11 Å². The molecule has 2 atom stereocenters. The van der Waals surface area contributed by atoms with Gasteiger partial charge < -0.3 is 15.3 Å². The summed E-state index contributed by atoms with van der Waals surface area (Å²) < 4.78 is 0. The zero-order valence-corrected chi connectivity index (χ0v) is 13.7. The van der Waals surface area contributed by atoms with Gasteiger partial charge in [0.1, 0.15) is 0 Å². The quantitative estimate of drug-likeness (QED) is 0.814. The van der Waals surface area contributed by atoms with E-state index in [1.165, 1.54) is 58.2 Å². The molecule has 20 heavy (non-hydrogen) atoms. The smallest absolute Gasteiger partial charge is 0.0615 e. The van der Waals surface area contributed by atoms with E-state index in [-0.39, 0.29) is 5.54 Å². The minimum Gasteiger partial charge on any atom is -0.394 e. The molecule has 1 heterocycles. The number of rotatable bonds is 5. The lowest BCUT2D eigenvalue weighted by Gasteiger charge is -2.35. The molecule has 0 aromatic rings. The summed E-state index contributed by atoms with van der Waals surface area (Å²) in [6, 6.07) is 0. The fraction of sp³-hybridized carbons (Fsp3) is 1.00. The van der Waals surface area contributed by atoms with Crippen LogP contribution < -0.4 is 5.32 Å². The lowest BCUT2D eigenvalue weighted by Crippen LogP contribution is -2.50. The van der Waals surface area contributed by atoms with Crippen LogP contribution in [0.5, 0.6) is 0 Å². The molecule has 1 aliphatic carbocycles. The number of hydrogen-bond donors (Lipinski definition) is 2. The topological polar surface area (TPSA) is 35.5 Å². The van der Waals surface area contributed by atoms with E-state index in [2.05, 4.69) is 24.1 Å². The highest BCUT2D eigenvalue weighted by molar-refractivity contribution is 4.98. The number of nitrogens with zero attached hydrogens (tertiary/aromatic N) is 1. The van der Waals surface area contributed by atoms with E-state index in [1.807, 2.05) is 7.05 Å². The molecule has 118 valence electrons. The van der Waals surface area contributed by atoms with Gasteiger partial charge >= 0.3 is 0 Å². The Morgan fingerprint density at radius 2 is 1.95 bits per heavy atom. The summed E-state index contributed by atoms with van der Waals surface area (Å²) in [6.45, 7) is 8.84. The second-order valence-corrected chi connectivity index (χ2v) is 7.80. The molecule has 0 amide bonds. The number of hydrogen-bond acceptors (Lipinski definition) is 3. The van der Waals surface area contributed by atoms with Crippen LogP contribution in [0, 0.1) is 11.3 Å². The molecular formula is C17H34N2O. The van der Waals surface area contributed by atoms with Gasteiger partial charge in [0.2, 0.25) is 0 Å². The van der Waals surface area contributed by atoms with E-state index < -0.39 is 0 Å². The van der Waals surface area contributed by atoms with E-state index >= 15 is 0 Å². The summed E-state index contributed by atoms with van der Waals surface area (Å²) in [6.07, 6.45) is 8.95. The summed E-state index contributed by atoms with van der Waals surface area (Å²) in [5.74, 6) is 0.647. The Morgan fingerprint density at radius 3 is 2.65 bits per heavy atom. The van der Waals surface area contributed by atoms with Crippen molar-refractivity contribution < 1.29 is 5.11 Å². The zero-order chi connectivity index (χ0) is 14.6. The van der Waals surface area contributed by atoms with E-state index in [4.69, 9.17) is 0 Å². The average molecular weight is 282 g/mol. The first-order chi connectivity index (χ1) is 9.51. The van der Waals surface area contributed by atoms with Crippen molar-refractivity contribution in [1.82, 2.24) is 10.2 Å². The average Bonchev–Trinajstić information content (AvgIpc) is 2.76. The van der Waals surface area contributed by atoms with Crippen LogP contribution in [0.15, 0.2) is 0 Å². The molecule has 2 fully saturated rings. The molecule has 1 saturated heterocycles. The molecule has 2 aliphatic rings. The number of aliphatic hydroxyl groups excluding tert-OH is 1. The maximum absolute atomic E-state index is 9.76. The Morgan fingerprint density at radius 1 is 1.15 bits per heavy atom. The molecule has 1 aliphatic heterocycles. The van der Waals surface area contributed by atoms with Crippen molar-refractivity contribution in [1.29, 1.82) is 0 Å². The van der Waals surface area contributed by atoms with Crippen LogP contribution in [0.3, 0.4) is 0 Å². The van der Waals surface area contributed by atoms with Crippen LogP contribution in [0.2, 0.25) is 0 Å². The fourth-order valence-corrected chi connectivity index (χ4v) is 4.22. The summed E-state index contributed by atoms with van der Waals surface area (Å²) >= 11 is 0. The molecule has 0 bridgehead atoms. The van der Waals surface area contributed by atoms with Crippen molar-refractivity contribution in [3.05, 3.63) is 0 Å².